The molecule has 0 heterocycles. The molecule has 0 rings (SSSR count). The predicted octanol–water partition coefficient (Wildman–Crippen LogP) is 1.24. The van der Waals surface area contributed by atoms with Gasteiger partial charge in [0.25, 0.3) is 0 Å². The SMILES string of the molecule is C=COCOCOC=C. The van der Waals surface area contributed by atoms with Crippen LogP contribution in [0.5, 0.6) is 0 Å². The molecule has 0 aromatic rings. The lowest BCUT2D eigenvalue weighted by Crippen LogP contribution is -1.98. The Morgan fingerprint density at radius 3 is 1.78 bits per heavy atom. The van der Waals surface area contributed by atoms with Gasteiger partial charge in [0.15, 0.2) is 13.6 Å². The van der Waals surface area contributed by atoms with E-state index in [0.717, 1.165) is 0 Å². The Hall–Kier alpha value is -0.960. The summed E-state index contributed by atoms with van der Waals surface area (Å²) in [6.45, 7) is 6.96. The molecule has 0 radical (unpaired) electrons. The maximum atomic E-state index is 4.73. The minimum atomic E-state index is 0.164. The second-order valence-electron chi connectivity index (χ2n) is 1.11. The Balaban J connectivity index is 2.74. The first-order chi connectivity index (χ1) is 4.41. The zero-order valence-electron chi connectivity index (χ0n) is 5.21. The van der Waals surface area contributed by atoms with E-state index in [1.807, 2.05) is 0 Å². The highest BCUT2D eigenvalue weighted by Gasteiger charge is 1.79. The van der Waals surface area contributed by atoms with Crippen LogP contribution in [0.4, 0.5) is 0 Å². The maximum absolute atomic E-state index is 4.73. The lowest BCUT2D eigenvalue weighted by molar-refractivity contribution is -0.0858. The lowest BCUT2D eigenvalue weighted by atomic mass is 11.1. The normalized spacial score (nSPS) is 8.00. The fourth-order valence-electron chi connectivity index (χ4n) is 0.226. The van der Waals surface area contributed by atoms with Crippen LogP contribution in [0.2, 0.25) is 0 Å². The summed E-state index contributed by atoms with van der Waals surface area (Å²) >= 11 is 0. The maximum Gasteiger partial charge on any atom is 0.191 e. The van der Waals surface area contributed by atoms with Gasteiger partial charge in [-0.25, -0.2) is 0 Å². The quantitative estimate of drug-likeness (QED) is 0.307. The van der Waals surface area contributed by atoms with Crippen molar-refractivity contribution in [3.63, 3.8) is 0 Å². The minimum absolute atomic E-state index is 0.164. The van der Waals surface area contributed by atoms with Crippen molar-refractivity contribution in [2.24, 2.45) is 0 Å². The van der Waals surface area contributed by atoms with Gasteiger partial charge in [0.1, 0.15) is 0 Å². The van der Waals surface area contributed by atoms with Crippen LogP contribution in [-0.4, -0.2) is 13.6 Å². The molecule has 0 saturated heterocycles. The van der Waals surface area contributed by atoms with E-state index in [4.69, 9.17) is 4.74 Å². The van der Waals surface area contributed by atoms with Gasteiger partial charge >= 0.3 is 0 Å². The van der Waals surface area contributed by atoms with Gasteiger partial charge in [0.2, 0.25) is 0 Å². The molecule has 0 bridgehead atoms. The van der Waals surface area contributed by atoms with E-state index < -0.39 is 0 Å². The fourth-order valence-corrected chi connectivity index (χ4v) is 0.226. The van der Waals surface area contributed by atoms with Gasteiger partial charge in [0.05, 0.1) is 12.5 Å². The molecule has 0 atom stereocenters. The average molecular weight is 130 g/mol. The second kappa shape index (κ2) is 7.04. The van der Waals surface area contributed by atoms with E-state index in [1.165, 1.54) is 12.5 Å². The number of hydrogen-bond acceptors (Lipinski definition) is 3. The minimum Gasteiger partial charge on any atom is -0.476 e. The first-order valence-corrected chi connectivity index (χ1v) is 2.44. The molecule has 0 saturated carbocycles. The third-order valence-corrected chi connectivity index (χ3v) is 0.538. The number of rotatable bonds is 6. The molecule has 0 N–H and O–H groups in total. The lowest BCUT2D eigenvalue weighted by Gasteiger charge is -2.00. The first kappa shape index (κ1) is 8.04. The van der Waals surface area contributed by atoms with E-state index in [1.54, 1.807) is 0 Å². The molecule has 0 aliphatic rings. The second-order valence-corrected chi connectivity index (χ2v) is 1.11. The van der Waals surface area contributed by atoms with Gasteiger partial charge in [-0.3, -0.25) is 0 Å². The highest BCUT2D eigenvalue weighted by atomic mass is 16.7. The molecular weight excluding hydrogens is 120 g/mol. The Bertz CT molecular complexity index is 70.4. The van der Waals surface area contributed by atoms with Crippen molar-refractivity contribution in [1.29, 1.82) is 0 Å². The number of hydrogen-bond donors (Lipinski definition) is 0. The first-order valence-electron chi connectivity index (χ1n) is 2.44. The summed E-state index contributed by atoms with van der Waals surface area (Å²) in [6.07, 6.45) is 2.60. The van der Waals surface area contributed by atoms with Gasteiger partial charge in [-0.05, 0) is 0 Å². The monoisotopic (exact) mass is 130 g/mol. The zero-order valence-corrected chi connectivity index (χ0v) is 5.21. The van der Waals surface area contributed by atoms with Crippen molar-refractivity contribution in [2.45, 2.75) is 0 Å². The van der Waals surface area contributed by atoms with Crippen molar-refractivity contribution in [2.75, 3.05) is 13.6 Å². The van der Waals surface area contributed by atoms with Crippen LogP contribution in [-0.2, 0) is 14.2 Å². The third kappa shape index (κ3) is 7.04. The average Bonchev–Trinajstić information content (AvgIpc) is 1.89. The molecule has 0 aromatic heterocycles. The summed E-state index contributed by atoms with van der Waals surface area (Å²) in [5.41, 5.74) is 0. The van der Waals surface area contributed by atoms with Crippen molar-refractivity contribution >= 4 is 0 Å². The Labute approximate surface area is 54.5 Å². The summed E-state index contributed by atoms with van der Waals surface area (Å²) in [5, 5.41) is 0. The molecule has 3 nitrogen and oxygen atoms in total. The summed E-state index contributed by atoms with van der Waals surface area (Å²) < 4.78 is 13.9. The molecule has 0 fully saturated rings. The van der Waals surface area contributed by atoms with Crippen LogP contribution >= 0.6 is 0 Å². The molecule has 3 heteroatoms. The van der Waals surface area contributed by atoms with Crippen LogP contribution < -0.4 is 0 Å². The third-order valence-electron chi connectivity index (χ3n) is 0.538. The van der Waals surface area contributed by atoms with Gasteiger partial charge < -0.3 is 14.2 Å². The summed E-state index contributed by atoms with van der Waals surface area (Å²) in [4.78, 5) is 0. The van der Waals surface area contributed by atoms with E-state index in [9.17, 15) is 0 Å². The summed E-state index contributed by atoms with van der Waals surface area (Å²) in [5.74, 6) is 0. The van der Waals surface area contributed by atoms with E-state index in [2.05, 4.69) is 22.6 Å². The standard InChI is InChI=1S/C6H10O3/c1-3-7-5-9-6-8-4-2/h3-4H,1-2,5-6H2. The van der Waals surface area contributed by atoms with Crippen LogP contribution in [0.3, 0.4) is 0 Å². The van der Waals surface area contributed by atoms with Gasteiger partial charge in [0, 0.05) is 0 Å². The highest BCUT2D eigenvalue weighted by molar-refractivity contribution is 4.46. The van der Waals surface area contributed by atoms with Crippen molar-refractivity contribution in [1.82, 2.24) is 0 Å². The summed E-state index contributed by atoms with van der Waals surface area (Å²) in [7, 11) is 0. The zero-order chi connectivity index (χ0) is 6.95. The molecule has 0 spiro atoms. The van der Waals surface area contributed by atoms with Crippen LogP contribution in [0.15, 0.2) is 25.7 Å². The van der Waals surface area contributed by atoms with Crippen molar-refractivity contribution in [3.8, 4) is 0 Å². The number of ether oxygens (including phenoxy) is 3. The molecule has 0 amide bonds. The Kier molecular flexibility index (Phi) is 6.29. The predicted molar refractivity (Wildman–Crippen MR) is 33.4 cm³/mol. The van der Waals surface area contributed by atoms with Crippen LogP contribution in [0, 0.1) is 0 Å². The fraction of sp³-hybridized carbons (Fsp3) is 0.333. The van der Waals surface area contributed by atoms with Gasteiger partial charge in [-0.1, -0.05) is 13.2 Å². The van der Waals surface area contributed by atoms with Gasteiger partial charge in [-0.15, -0.1) is 0 Å². The molecule has 9 heavy (non-hydrogen) atoms. The molecule has 0 unspecified atom stereocenters. The Morgan fingerprint density at radius 1 is 1.00 bits per heavy atom. The van der Waals surface area contributed by atoms with E-state index in [0.29, 0.717) is 0 Å². The molecule has 0 aliphatic heterocycles. The van der Waals surface area contributed by atoms with Crippen molar-refractivity contribution < 1.29 is 14.2 Å². The van der Waals surface area contributed by atoms with Gasteiger partial charge in [-0.2, -0.15) is 0 Å². The van der Waals surface area contributed by atoms with E-state index in [-0.39, 0.29) is 13.6 Å². The summed E-state index contributed by atoms with van der Waals surface area (Å²) in [6, 6.07) is 0. The highest BCUT2D eigenvalue weighted by Crippen LogP contribution is 1.79. The van der Waals surface area contributed by atoms with Crippen LogP contribution in [0.1, 0.15) is 0 Å². The van der Waals surface area contributed by atoms with E-state index >= 15 is 0 Å². The molecule has 0 aromatic carbocycles. The topological polar surface area (TPSA) is 27.7 Å². The van der Waals surface area contributed by atoms with Crippen molar-refractivity contribution in [3.05, 3.63) is 25.7 Å². The molecule has 0 aliphatic carbocycles. The molecular formula is C6H10O3. The van der Waals surface area contributed by atoms with Crippen LogP contribution in [0.25, 0.3) is 0 Å². The molecule has 52 valence electrons. The largest absolute Gasteiger partial charge is 0.476 e. The smallest absolute Gasteiger partial charge is 0.191 e. The Morgan fingerprint density at radius 2 is 1.44 bits per heavy atom.